The smallest absolute Gasteiger partial charge is 0.412 e. The number of carbonyl (C=O) groups is 1. The van der Waals surface area contributed by atoms with Crippen LogP contribution in [0, 0.1) is 0 Å². The third kappa shape index (κ3) is 2.29. The van der Waals surface area contributed by atoms with Gasteiger partial charge < -0.3 is 20.3 Å². The van der Waals surface area contributed by atoms with Gasteiger partial charge >= 0.3 is 6.09 Å². The molecule has 1 amide bonds. The van der Waals surface area contributed by atoms with Crippen molar-refractivity contribution in [3.63, 3.8) is 0 Å². The van der Waals surface area contributed by atoms with Gasteiger partial charge in [-0.25, -0.2) is 4.79 Å². The van der Waals surface area contributed by atoms with E-state index < -0.39 is 17.4 Å². The van der Waals surface area contributed by atoms with Crippen molar-refractivity contribution < 1.29 is 19.7 Å². The van der Waals surface area contributed by atoms with Crippen molar-refractivity contribution in [2.45, 2.75) is 69.9 Å². The van der Waals surface area contributed by atoms with E-state index in [1.165, 1.54) is 4.90 Å². The summed E-state index contributed by atoms with van der Waals surface area (Å²) in [6, 6.07) is 0. The summed E-state index contributed by atoms with van der Waals surface area (Å²) in [5.74, 6) is 0. The minimum Gasteiger partial charge on any atom is -0.437 e. The van der Waals surface area contributed by atoms with E-state index in [1.807, 2.05) is 27.7 Å². The van der Waals surface area contributed by atoms with E-state index in [0.29, 0.717) is 12.8 Å². The fourth-order valence-electron chi connectivity index (χ4n) is 4.05. The van der Waals surface area contributed by atoms with Crippen molar-refractivity contribution in [1.82, 2.24) is 10.2 Å². The van der Waals surface area contributed by atoms with Gasteiger partial charge in [0.2, 0.25) is 0 Å². The molecule has 0 unspecified atom stereocenters. The minimum absolute atomic E-state index is 0.0713. The number of β-amino-alcohol motifs (C(OH)–C–C–N with tert-alkyl or cyclic N) is 1. The Labute approximate surface area is 120 Å². The molecule has 2 aliphatic rings. The maximum absolute atomic E-state index is 12.1. The number of carbonyl (C=O) groups excluding carboxylic acids is 1. The number of nitrogens with one attached hydrogen (secondary N) is 1. The molecule has 2 heterocycles. The largest absolute Gasteiger partial charge is 0.437 e. The van der Waals surface area contributed by atoms with Gasteiger partial charge in [-0.3, -0.25) is 4.90 Å². The van der Waals surface area contributed by atoms with Crippen molar-refractivity contribution >= 4 is 6.09 Å². The van der Waals surface area contributed by atoms with Crippen molar-refractivity contribution in [2.75, 3.05) is 13.2 Å². The summed E-state index contributed by atoms with van der Waals surface area (Å²) in [5.41, 5.74) is -2.91. The fourth-order valence-corrected chi connectivity index (χ4v) is 4.05. The van der Waals surface area contributed by atoms with Crippen LogP contribution in [0.2, 0.25) is 0 Å². The van der Waals surface area contributed by atoms with Crippen LogP contribution in [0.25, 0.3) is 0 Å². The number of amides is 1. The number of hydrogen-bond acceptors (Lipinski definition) is 5. The number of hydrogen-bond donors (Lipinski definition) is 3. The van der Waals surface area contributed by atoms with Gasteiger partial charge in [-0.2, -0.15) is 0 Å². The second kappa shape index (κ2) is 4.32. The van der Waals surface area contributed by atoms with Gasteiger partial charge in [-0.1, -0.05) is 0 Å². The Kier molecular flexibility index (Phi) is 3.36. The van der Waals surface area contributed by atoms with Crippen LogP contribution in [-0.4, -0.2) is 56.8 Å². The number of rotatable bonds is 2. The van der Waals surface area contributed by atoms with Gasteiger partial charge in [0.25, 0.3) is 0 Å². The molecule has 6 heteroatoms. The Morgan fingerprint density at radius 2 is 1.70 bits per heavy atom. The van der Waals surface area contributed by atoms with E-state index >= 15 is 0 Å². The lowest BCUT2D eigenvalue weighted by Crippen LogP contribution is -2.70. The van der Waals surface area contributed by atoms with Gasteiger partial charge in [0.05, 0.1) is 13.2 Å². The first kappa shape index (κ1) is 15.5. The summed E-state index contributed by atoms with van der Waals surface area (Å²) in [6.07, 6.45) is 0.478. The molecular weight excluding hydrogens is 260 g/mol. The maximum Gasteiger partial charge on any atom is 0.412 e. The SMILES string of the molecule is CC1(C)CC2(CC(C)(C)N1)OC(=O)N(CCO)[C@@]2(C)O. The second-order valence-electron chi connectivity index (χ2n) is 7.50. The normalized spacial score (nSPS) is 34.4. The number of ether oxygens (including phenoxy) is 1. The highest BCUT2D eigenvalue weighted by molar-refractivity contribution is 5.72. The molecular formula is C14H26N2O4. The minimum atomic E-state index is -1.43. The number of piperidine rings is 1. The molecule has 2 rings (SSSR count). The Bertz CT molecular complexity index is 401. The average molecular weight is 286 g/mol. The summed E-state index contributed by atoms with van der Waals surface area (Å²) in [4.78, 5) is 13.3. The first-order valence-electron chi connectivity index (χ1n) is 7.08. The number of aliphatic hydroxyl groups is 2. The molecule has 0 saturated carbocycles. The van der Waals surface area contributed by atoms with E-state index in [4.69, 9.17) is 9.84 Å². The number of nitrogens with zero attached hydrogens (tertiary/aromatic N) is 1. The number of aliphatic hydroxyl groups excluding tert-OH is 1. The average Bonchev–Trinajstić information content (AvgIpc) is 2.34. The summed E-state index contributed by atoms with van der Waals surface area (Å²) in [7, 11) is 0. The Morgan fingerprint density at radius 3 is 2.15 bits per heavy atom. The first-order chi connectivity index (χ1) is 8.95. The topological polar surface area (TPSA) is 82.0 Å². The van der Waals surface area contributed by atoms with Crippen molar-refractivity contribution in [3.05, 3.63) is 0 Å². The highest BCUT2D eigenvalue weighted by atomic mass is 16.6. The molecule has 0 radical (unpaired) electrons. The molecule has 2 fully saturated rings. The molecule has 0 aromatic rings. The summed E-state index contributed by atoms with van der Waals surface area (Å²) >= 11 is 0. The van der Waals surface area contributed by atoms with Crippen LogP contribution >= 0.6 is 0 Å². The van der Waals surface area contributed by atoms with Crippen LogP contribution in [-0.2, 0) is 4.74 Å². The molecule has 116 valence electrons. The first-order valence-corrected chi connectivity index (χ1v) is 7.08. The van der Waals surface area contributed by atoms with Crippen LogP contribution in [0.15, 0.2) is 0 Å². The molecule has 0 aromatic carbocycles. The highest BCUT2D eigenvalue weighted by Gasteiger charge is 2.66. The van der Waals surface area contributed by atoms with Gasteiger partial charge in [0.1, 0.15) is 0 Å². The summed E-state index contributed by atoms with van der Waals surface area (Å²) in [5, 5.41) is 23.5. The molecule has 2 aliphatic heterocycles. The second-order valence-corrected chi connectivity index (χ2v) is 7.50. The molecule has 20 heavy (non-hydrogen) atoms. The molecule has 0 bridgehead atoms. The predicted octanol–water partition coefficient (Wildman–Crippen LogP) is 0.819. The molecule has 1 atom stereocenters. The lowest BCUT2D eigenvalue weighted by atomic mass is 9.68. The fraction of sp³-hybridized carbons (Fsp3) is 0.929. The van der Waals surface area contributed by atoms with Gasteiger partial charge in [0, 0.05) is 23.9 Å². The Morgan fingerprint density at radius 1 is 1.20 bits per heavy atom. The Hall–Kier alpha value is -0.850. The monoisotopic (exact) mass is 286 g/mol. The third-order valence-electron chi connectivity index (χ3n) is 4.35. The van der Waals surface area contributed by atoms with Gasteiger partial charge in [-0.05, 0) is 34.6 Å². The standard InChI is InChI=1S/C14H26N2O4/c1-11(2)8-14(9-12(3,4)15-11)13(5,19)16(6-7-17)10(18)20-14/h15,17,19H,6-9H2,1-5H3/t13-/m0/s1. The van der Waals surface area contributed by atoms with Crippen molar-refractivity contribution in [2.24, 2.45) is 0 Å². The van der Waals surface area contributed by atoms with Crippen LogP contribution in [0.5, 0.6) is 0 Å². The maximum atomic E-state index is 12.1. The van der Waals surface area contributed by atoms with E-state index in [-0.39, 0.29) is 24.2 Å². The van der Waals surface area contributed by atoms with Crippen LogP contribution in [0.1, 0.15) is 47.5 Å². The van der Waals surface area contributed by atoms with Crippen LogP contribution < -0.4 is 5.32 Å². The van der Waals surface area contributed by atoms with E-state index in [9.17, 15) is 9.90 Å². The van der Waals surface area contributed by atoms with E-state index in [0.717, 1.165) is 0 Å². The Balaban J connectivity index is 2.41. The third-order valence-corrected chi connectivity index (χ3v) is 4.35. The quantitative estimate of drug-likeness (QED) is 0.700. The van der Waals surface area contributed by atoms with Crippen LogP contribution in [0.4, 0.5) is 4.79 Å². The zero-order valence-electron chi connectivity index (χ0n) is 13.0. The van der Waals surface area contributed by atoms with E-state index in [1.54, 1.807) is 6.92 Å². The van der Waals surface area contributed by atoms with Crippen molar-refractivity contribution in [1.29, 1.82) is 0 Å². The molecule has 3 N–H and O–H groups in total. The van der Waals surface area contributed by atoms with Crippen LogP contribution in [0.3, 0.4) is 0 Å². The molecule has 1 spiro atoms. The van der Waals surface area contributed by atoms with Gasteiger partial charge in [-0.15, -0.1) is 0 Å². The molecule has 6 nitrogen and oxygen atoms in total. The lowest BCUT2D eigenvalue weighted by molar-refractivity contribution is -0.181. The summed E-state index contributed by atoms with van der Waals surface area (Å²) in [6.45, 7) is 9.62. The zero-order chi connectivity index (χ0) is 15.4. The van der Waals surface area contributed by atoms with E-state index in [2.05, 4.69) is 5.32 Å². The molecule has 0 aromatic heterocycles. The predicted molar refractivity (Wildman–Crippen MR) is 74.2 cm³/mol. The summed E-state index contributed by atoms with van der Waals surface area (Å²) < 4.78 is 5.63. The molecule has 0 aliphatic carbocycles. The van der Waals surface area contributed by atoms with Crippen molar-refractivity contribution in [3.8, 4) is 0 Å². The molecule has 2 saturated heterocycles. The lowest BCUT2D eigenvalue weighted by Gasteiger charge is -2.53. The highest BCUT2D eigenvalue weighted by Crippen LogP contribution is 2.49. The van der Waals surface area contributed by atoms with Gasteiger partial charge in [0.15, 0.2) is 11.3 Å². The zero-order valence-corrected chi connectivity index (χ0v) is 13.0.